The summed E-state index contributed by atoms with van der Waals surface area (Å²) in [6.45, 7) is 3.78. The second-order valence-corrected chi connectivity index (χ2v) is 9.13. The van der Waals surface area contributed by atoms with Crippen LogP contribution in [0.4, 0.5) is 10.5 Å². The standard InChI is InChI=1S/C30H31N5O3/c1-37-28-4-2-3-26(19-28)29(38-22-25-7-5-24(20-32)6-8-25)21-34-15-17-35(18-16-34)30(36)33-27-11-9-23(10-12-27)13-14-31/h2-12,19,29H,13,15-18,21-22H2,1H3,(H,33,36)/t29-/m1/s1. The van der Waals surface area contributed by atoms with E-state index in [4.69, 9.17) is 20.0 Å². The molecule has 1 atom stereocenters. The van der Waals surface area contributed by atoms with Gasteiger partial charge >= 0.3 is 6.03 Å². The third-order valence-electron chi connectivity index (χ3n) is 6.57. The Morgan fingerprint density at radius 1 is 0.974 bits per heavy atom. The zero-order valence-corrected chi connectivity index (χ0v) is 21.5. The molecule has 0 aromatic heterocycles. The highest BCUT2D eigenvalue weighted by Gasteiger charge is 2.24. The summed E-state index contributed by atoms with van der Waals surface area (Å²) in [6, 6.07) is 26.8. The summed E-state index contributed by atoms with van der Waals surface area (Å²) in [7, 11) is 1.65. The number of piperazine rings is 1. The van der Waals surface area contributed by atoms with Gasteiger partial charge in [0.2, 0.25) is 0 Å². The smallest absolute Gasteiger partial charge is 0.321 e. The SMILES string of the molecule is COc1cccc([C@@H](CN2CCN(C(=O)Nc3ccc(CC#N)cc3)CC2)OCc2ccc(C#N)cc2)c1. The fraction of sp³-hybridized carbons (Fsp3) is 0.300. The molecule has 1 heterocycles. The van der Waals surface area contributed by atoms with E-state index in [0.717, 1.165) is 35.5 Å². The van der Waals surface area contributed by atoms with Crippen molar-refractivity contribution in [1.82, 2.24) is 9.80 Å². The number of nitrogens with one attached hydrogen (secondary N) is 1. The highest BCUT2D eigenvalue weighted by molar-refractivity contribution is 5.89. The summed E-state index contributed by atoms with van der Waals surface area (Å²) in [4.78, 5) is 16.9. The number of benzene rings is 3. The Morgan fingerprint density at radius 2 is 1.68 bits per heavy atom. The van der Waals surface area contributed by atoms with Crippen LogP contribution in [0.5, 0.6) is 5.75 Å². The first kappa shape index (κ1) is 26.7. The van der Waals surface area contributed by atoms with Gasteiger partial charge in [-0.05, 0) is 53.1 Å². The second-order valence-electron chi connectivity index (χ2n) is 9.13. The third kappa shape index (κ3) is 7.33. The maximum atomic E-state index is 12.8. The highest BCUT2D eigenvalue weighted by atomic mass is 16.5. The van der Waals surface area contributed by atoms with Crippen LogP contribution in [-0.2, 0) is 17.8 Å². The van der Waals surface area contributed by atoms with Crippen molar-refractivity contribution in [2.75, 3.05) is 45.2 Å². The minimum atomic E-state index is -0.187. The van der Waals surface area contributed by atoms with Gasteiger partial charge in [0.15, 0.2) is 0 Å². The molecule has 2 amide bonds. The summed E-state index contributed by atoms with van der Waals surface area (Å²) < 4.78 is 11.8. The molecular formula is C30H31N5O3. The van der Waals surface area contributed by atoms with Crippen molar-refractivity contribution in [3.63, 3.8) is 0 Å². The maximum Gasteiger partial charge on any atom is 0.321 e. The zero-order chi connectivity index (χ0) is 26.7. The fourth-order valence-corrected chi connectivity index (χ4v) is 4.34. The molecule has 0 saturated carbocycles. The lowest BCUT2D eigenvalue weighted by Crippen LogP contribution is -2.50. The van der Waals surface area contributed by atoms with Crippen LogP contribution in [-0.4, -0.2) is 55.7 Å². The van der Waals surface area contributed by atoms with Crippen LogP contribution < -0.4 is 10.1 Å². The number of hydrogen-bond donors (Lipinski definition) is 1. The average Bonchev–Trinajstić information content (AvgIpc) is 2.97. The number of anilines is 1. The minimum Gasteiger partial charge on any atom is -0.497 e. The van der Waals surface area contributed by atoms with Crippen LogP contribution in [0.15, 0.2) is 72.8 Å². The number of hydrogen-bond acceptors (Lipinski definition) is 6. The van der Waals surface area contributed by atoms with Gasteiger partial charge in [-0.2, -0.15) is 10.5 Å². The van der Waals surface area contributed by atoms with Gasteiger partial charge in [0.05, 0.1) is 43.9 Å². The number of methoxy groups -OCH3 is 1. The van der Waals surface area contributed by atoms with Gasteiger partial charge in [0.25, 0.3) is 0 Å². The molecule has 3 aromatic carbocycles. The molecule has 0 spiro atoms. The first-order valence-electron chi connectivity index (χ1n) is 12.6. The summed E-state index contributed by atoms with van der Waals surface area (Å²) in [5, 5.41) is 20.8. The van der Waals surface area contributed by atoms with Crippen LogP contribution in [0, 0.1) is 22.7 Å². The predicted octanol–water partition coefficient (Wildman–Crippen LogP) is 4.74. The van der Waals surface area contributed by atoms with Gasteiger partial charge in [0.1, 0.15) is 5.75 Å². The molecule has 0 unspecified atom stereocenters. The monoisotopic (exact) mass is 509 g/mol. The van der Waals surface area contributed by atoms with E-state index in [0.29, 0.717) is 43.9 Å². The molecular weight excluding hydrogens is 478 g/mol. The topological polar surface area (TPSA) is 102 Å². The Labute approximate surface area is 223 Å². The molecule has 38 heavy (non-hydrogen) atoms. The molecule has 0 aliphatic carbocycles. The van der Waals surface area contributed by atoms with Crippen molar-refractivity contribution in [2.24, 2.45) is 0 Å². The molecule has 1 saturated heterocycles. The van der Waals surface area contributed by atoms with E-state index in [-0.39, 0.29) is 12.1 Å². The lowest BCUT2D eigenvalue weighted by atomic mass is 10.1. The lowest BCUT2D eigenvalue weighted by Gasteiger charge is -2.36. The van der Waals surface area contributed by atoms with Crippen molar-refractivity contribution >= 4 is 11.7 Å². The van der Waals surface area contributed by atoms with Gasteiger partial charge in [-0.15, -0.1) is 0 Å². The number of carbonyl (C=O) groups excluding carboxylic acids is 1. The summed E-state index contributed by atoms with van der Waals surface area (Å²) in [5.74, 6) is 0.775. The largest absolute Gasteiger partial charge is 0.497 e. The number of carbonyl (C=O) groups is 1. The first-order valence-corrected chi connectivity index (χ1v) is 12.6. The van der Waals surface area contributed by atoms with Crippen molar-refractivity contribution in [3.8, 4) is 17.9 Å². The molecule has 8 heteroatoms. The van der Waals surface area contributed by atoms with Gasteiger partial charge in [-0.25, -0.2) is 4.79 Å². The second kappa shape index (κ2) is 13.3. The number of nitrogens with zero attached hydrogens (tertiary/aromatic N) is 4. The van der Waals surface area contributed by atoms with Gasteiger partial charge in [0, 0.05) is 38.4 Å². The van der Waals surface area contributed by atoms with Crippen LogP contribution >= 0.6 is 0 Å². The molecule has 1 N–H and O–H groups in total. The van der Waals surface area contributed by atoms with E-state index < -0.39 is 0 Å². The van der Waals surface area contributed by atoms with Gasteiger partial charge in [-0.1, -0.05) is 36.4 Å². The van der Waals surface area contributed by atoms with Crippen molar-refractivity contribution in [1.29, 1.82) is 10.5 Å². The van der Waals surface area contributed by atoms with Crippen LogP contribution in [0.1, 0.15) is 28.4 Å². The Kier molecular flexibility index (Phi) is 9.31. The molecule has 4 rings (SSSR count). The Hall–Kier alpha value is -4.37. The molecule has 194 valence electrons. The van der Waals surface area contributed by atoms with E-state index in [1.54, 1.807) is 19.2 Å². The van der Waals surface area contributed by atoms with E-state index in [1.165, 1.54) is 0 Å². The van der Waals surface area contributed by atoms with Crippen LogP contribution in [0.3, 0.4) is 0 Å². The van der Waals surface area contributed by atoms with Gasteiger partial charge in [-0.3, -0.25) is 4.90 Å². The Bertz CT molecular complexity index is 1290. The van der Waals surface area contributed by atoms with Crippen molar-refractivity contribution in [3.05, 3.63) is 95.1 Å². The molecule has 1 aliphatic heterocycles. The third-order valence-corrected chi connectivity index (χ3v) is 6.57. The van der Waals surface area contributed by atoms with Crippen LogP contribution in [0.25, 0.3) is 0 Å². The fourth-order valence-electron chi connectivity index (χ4n) is 4.34. The predicted molar refractivity (Wildman–Crippen MR) is 144 cm³/mol. The van der Waals surface area contributed by atoms with Crippen molar-refractivity contribution < 1.29 is 14.3 Å². The Balaban J connectivity index is 1.35. The highest BCUT2D eigenvalue weighted by Crippen LogP contribution is 2.25. The first-order chi connectivity index (χ1) is 18.6. The van der Waals surface area contributed by atoms with E-state index >= 15 is 0 Å². The van der Waals surface area contributed by atoms with Crippen molar-refractivity contribution in [2.45, 2.75) is 19.1 Å². The minimum absolute atomic E-state index is 0.126. The number of rotatable bonds is 9. The summed E-state index contributed by atoms with van der Waals surface area (Å²) in [5.41, 5.74) is 4.28. The number of ether oxygens (including phenoxy) is 2. The summed E-state index contributed by atoms with van der Waals surface area (Å²) >= 11 is 0. The molecule has 1 fully saturated rings. The maximum absolute atomic E-state index is 12.8. The van der Waals surface area contributed by atoms with E-state index in [1.807, 2.05) is 65.6 Å². The lowest BCUT2D eigenvalue weighted by molar-refractivity contribution is 0.00584. The Morgan fingerprint density at radius 3 is 2.34 bits per heavy atom. The number of amides is 2. The quantitative estimate of drug-likeness (QED) is 0.447. The van der Waals surface area contributed by atoms with Gasteiger partial charge < -0.3 is 19.7 Å². The number of nitriles is 2. The zero-order valence-electron chi connectivity index (χ0n) is 21.5. The number of urea groups is 1. The molecule has 1 aliphatic rings. The molecule has 8 nitrogen and oxygen atoms in total. The van der Waals surface area contributed by atoms with E-state index in [2.05, 4.69) is 22.4 Å². The summed E-state index contributed by atoms with van der Waals surface area (Å²) in [6.07, 6.45) is 0.164. The van der Waals surface area contributed by atoms with E-state index in [9.17, 15) is 4.79 Å². The molecule has 3 aromatic rings. The normalized spacial score (nSPS) is 14.2. The molecule has 0 radical (unpaired) electrons. The van der Waals surface area contributed by atoms with Crippen LogP contribution in [0.2, 0.25) is 0 Å². The molecule has 0 bridgehead atoms. The average molecular weight is 510 g/mol.